The summed E-state index contributed by atoms with van der Waals surface area (Å²) < 4.78 is 33.1. The van der Waals surface area contributed by atoms with Crippen LogP contribution < -0.4 is 0 Å². The van der Waals surface area contributed by atoms with Crippen molar-refractivity contribution in [2.24, 2.45) is 0 Å². The van der Waals surface area contributed by atoms with Crippen molar-refractivity contribution >= 4 is 15.6 Å². The Morgan fingerprint density at radius 2 is 1.63 bits per heavy atom. The summed E-state index contributed by atoms with van der Waals surface area (Å²) in [6, 6.07) is 0. The maximum absolute atomic E-state index is 10.6. The maximum Gasteiger partial charge on any atom is 0.474 e. The van der Waals surface area contributed by atoms with Gasteiger partial charge in [0.05, 0.1) is 6.61 Å². The highest BCUT2D eigenvalue weighted by atomic mass is 31.2. The monoisotopic (exact) mass is 326 g/mol. The van der Waals surface area contributed by atoms with E-state index < -0.39 is 46.5 Å². The Kier molecular flexibility index (Phi) is 4.91. The molecule has 1 aliphatic rings. The van der Waals surface area contributed by atoms with Crippen molar-refractivity contribution in [1.29, 1.82) is 0 Å². The van der Waals surface area contributed by atoms with E-state index in [-0.39, 0.29) is 0 Å². The first-order valence-electron chi connectivity index (χ1n) is 4.57. The van der Waals surface area contributed by atoms with Gasteiger partial charge in [-0.25, -0.2) is 13.7 Å². The second kappa shape index (κ2) is 5.45. The standard InChI is InChI=1S/C5H12O12P2/c6-3-2(1-15-18(9,10)11)16-5(8,4(3)7)17-19(12,13)14/h2-4,6-8H,1H2,(H2,9,10,11)(H2,12,13,14)/t2-,3+,4+,5+/m1/s1. The first-order valence-corrected chi connectivity index (χ1v) is 7.63. The minimum absolute atomic E-state index is 0.963. The van der Waals surface area contributed by atoms with Crippen LogP contribution in [0.5, 0.6) is 0 Å². The zero-order valence-corrected chi connectivity index (χ0v) is 10.8. The molecule has 0 amide bonds. The zero-order valence-electron chi connectivity index (χ0n) is 9.01. The Morgan fingerprint density at radius 1 is 1.11 bits per heavy atom. The largest absolute Gasteiger partial charge is 0.474 e. The van der Waals surface area contributed by atoms with Crippen LogP contribution in [0.15, 0.2) is 0 Å². The van der Waals surface area contributed by atoms with Gasteiger partial charge in [0.1, 0.15) is 12.2 Å². The van der Waals surface area contributed by atoms with Gasteiger partial charge in [-0.2, -0.15) is 0 Å². The first-order chi connectivity index (χ1) is 8.34. The van der Waals surface area contributed by atoms with Crippen LogP contribution >= 0.6 is 15.6 Å². The van der Waals surface area contributed by atoms with E-state index in [9.17, 15) is 24.4 Å². The lowest BCUT2D eigenvalue weighted by Gasteiger charge is -2.25. The number of aliphatic hydroxyl groups is 3. The zero-order chi connectivity index (χ0) is 15.1. The lowest BCUT2D eigenvalue weighted by Crippen LogP contribution is -2.44. The number of hydrogen-bond donors (Lipinski definition) is 7. The number of phosphoric ester groups is 2. The molecule has 0 aliphatic carbocycles. The summed E-state index contributed by atoms with van der Waals surface area (Å²) in [7, 11) is -10.2. The third-order valence-electron chi connectivity index (χ3n) is 2.06. The van der Waals surface area contributed by atoms with Crippen molar-refractivity contribution in [2.75, 3.05) is 6.61 Å². The van der Waals surface area contributed by atoms with Crippen LogP contribution in [0.2, 0.25) is 0 Å². The average Bonchev–Trinajstić information content (AvgIpc) is 2.36. The van der Waals surface area contributed by atoms with Gasteiger partial charge in [-0.1, -0.05) is 0 Å². The van der Waals surface area contributed by atoms with Crippen molar-refractivity contribution in [2.45, 2.75) is 24.3 Å². The summed E-state index contributed by atoms with van der Waals surface area (Å²) in [6.07, 6.45) is -5.92. The molecule has 14 heteroatoms. The summed E-state index contributed by atoms with van der Waals surface area (Å²) in [5, 5.41) is 28.2. The smallest absolute Gasteiger partial charge is 0.387 e. The van der Waals surface area contributed by atoms with Crippen LogP contribution in [0.4, 0.5) is 0 Å². The summed E-state index contributed by atoms with van der Waals surface area (Å²) in [6.45, 7) is -0.963. The molecule has 1 heterocycles. The third kappa shape index (κ3) is 4.83. The first kappa shape index (κ1) is 17.1. The summed E-state index contributed by atoms with van der Waals surface area (Å²) in [4.78, 5) is 33.8. The Bertz CT molecular complexity index is 412. The minimum atomic E-state index is -5.26. The molecule has 0 radical (unpaired) electrons. The highest BCUT2D eigenvalue weighted by Gasteiger charge is 2.58. The molecule has 12 nitrogen and oxygen atoms in total. The molecule has 0 spiro atoms. The molecule has 114 valence electrons. The summed E-state index contributed by atoms with van der Waals surface area (Å²) in [5.41, 5.74) is 0. The van der Waals surface area contributed by atoms with Gasteiger partial charge in [0, 0.05) is 0 Å². The highest BCUT2D eigenvalue weighted by molar-refractivity contribution is 7.46. The number of aliphatic hydroxyl groups excluding tert-OH is 2. The Labute approximate surface area is 105 Å². The summed E-state index contributed by atoms with van der Waals surface area (Å²) >= 11 is 0. The Balaban J connectivity index is 2.75. The molecule has 0 saturated carbocycles. The van der Waals surface area contributed by atoms with Gasteiger partial charge in [-0.05, 0) is 0 Å². The summed E-state index contributed by atoms with van der Waals surface area (Å²) in [5.74, 6) is -3.23. The van der Waals surface area contributed by atoms with Crippen LogP contribution in [-0.4, -0.2) is 65.8 Å². The minimum Gasteiger partial charge on any atom is -0.387 e. The van der Waals surface area contributed by atoms with Gasteiger partial charge in [0.2, 0.25) is 0 Å². The predicted molar refractivity (Wildman–Crippen MR) is 53.0 cm³/mol. The Hall–Kier alpha value is 0.0600. The number of ether oxygens (including phenoxy) is 1. The van der Waals surface area contributed by atoms with Gasteiger partial charge in [-0.15, -0.1) is 0 Å². The van der Waals surface area contributed by atoms with Crippen LogP contribution in [0, 0.1) is 0 Å². The predicted octanol–water partition coefficient (Wildman–Crippen LogP) is -3.03. The number of phosphoric acid groups is 2. The van der Waals surface area contributed by atoms with Crippen LogP contribution in [0.25, 0.3) is 0 Å². The molecule has 0 unspecified atom stereocenters. The molecular weight excluding hydrogens is 314 g/mol. The molecule has 7 N–H and O–H groups in total. The second-order valence-electron chi connectivity index (χ2n) is 3.59. The fourth-order valence-corrected chi connectivity index (χ4v) is 2.16. The van der Waals surface area contributed by atoms with Crippen molar-refractivity contribution in [3.05, 3.63) is 0 Å². The van der Waals surface area contributed by atoms with E-state index in [1.807, 2.05) is 0 Å². The lowest BCUT2D eigenvalue weighted by molar-refractivity contribution is -0.343. The number of rotatable bonds is 5. The van der Waals surface area contributed by atoms with Gasteiger partial charge < -0.3 is 39.6 Å². The maximum atomic E-state index is 10.6. The van der Waals surface area contributed by atoms with Crippen LogP contribution in [0.1, 0.15) is 0 Å². The SMILES string of the molecule is O=P(O)(O)OC[C@H]1O[C@](O)(OP(=O)(O)O)[C@@H](O)[C@H]1O. The Morgan fingerprint density at radius 3 is 2.05 bits per heavy atom. The molecule has 1 aliphatic heterocycles. The van der Waals surface area contributed by atoms with E-state index >= 15 is 0 Å². The molecule has 0 aromatic rings. The van der Waals surface area contributed by atoms with Gasteiger partial charge in [-0.3, -0.25) is 4.52 Å². The normalized spacial score (nSPS) is 36.7. The van der Waals surface area contributed by atoms with Crippen LogP contribution in [-0.2, 0) is 22.9 Å². The molecule has 1 fully saturated rings. The van der Waals surface area contributed by atoms with E-state index in [0.717, 1.165) is 0 Å². The molecular formula is C5H12O12P2. The van der Waals surface area contributed by atoms with Gasteiger partial charge in [0.15, 0.2) is 6.10 Å². The molecule has 4 atom stereocenters. The van der Waals surface area contributed by atoms with E-state index in [0.29, 0.717) is 0 Å². The topological polar surface area (TPSA) is 203 Å². The molecule has 0 aromatic carbocycles. The van der Waals surface area contributed by atoms with E-state index in [1.165, 1.54) is 0 Å². The van der Waals surface area contributed by atoms with Crippen molar-refractivity contribution < 1.29 is 57.8 Å². The van der Waals surface area contributed by atoms with Crippen molar-refractivity contribution in [3.63, 3.8) is 0 Å². The molecule has 0 bridgehead atoms. The second-order valence-corrected chi connectivity index (χ2v) is 5.99. The fraction of sp³-hybridized carbons (Fsp3) is 1.00. The number of hydrogen-bond acceptors (Lipinski definition) is 8. The van der Waals surface area contributed by atoms with Gasteiger partial charge in [0.25, 0.3) is 0 Å². The quantitative estimate of drug-likeness (QED) is 0.199. The molecule has 0 aromatic heterocycles. The average molecular weight is 326 g/mol. The molecule has 1 rings (SSSR count). The van der Waals surface area contributed by atoms with E-state index in [1.54, 1.807) is 0 Å². The van der Waals surface area contributed by atoms with Crippen molar-refractivity contribution in [3.8, 4) is 0 Å². The van der Waals surface area contributed by atoms with Crippen LogP contribution in [0.3, 0.4) is 0 Å². The van der Waals surface area contributed by atoms with E-state index in [4.69, 9.17) is 19.6 Å². The van der Waals surface area contributed by atoms with E-state index in [2.05, 4.69) is 13.8 Å². The highest BCUT2D eigenvalue weighted by Crippen LogP contribution is 2.46. The molecule has 19 heavy (non-hydrogen) atoms. The van der Waals surface area contributed by atoms with Crippen molar-refractivity contribution in [1.82, 2.24) is 0 Å². The fourth-order valence-electron chi connectivity index (χ4n) is 1.32. The third-order valence-corrected chi connectivity index (χ3v) is 3.04. The molecule has 1 saturated heterocycles. The van der Waals surface area contributed by atoms with Gasteiger partial charge >= 0.3 is 21.6 Å². The lowest BCUT2D eigenvalue weighted by atomic mass is 10.1.